The first-order valence-corrected chi connectivity index (χ1v) is 6.70. The number of nitrogens with one attached hydrogen (secondary N) is 1. The second-order valence-corrected chi connectivity index (χ2v) is 4.76. The number of nitrogens with zero attached hydrogens (tertiary/aromatic N) is 1. The van der Waals surface area contributed by atoms with Crippen LogP contribution < -0.4 is 10.1 Å². The second-order valence-electron chi connectivity index (χ2n) is 4.76. The van der Waals surface area contributed by atoms with Crippen LogP contribution in [0.25, 0.3) is 0 Å². The molecule has 2 aromatic carbocycles. The van der Waals surface area contributed by atoms with E-state index in [2.05, 4.69) is 11.4 Å². The molecule has 1 N–H and O–H groups in total. The van der Waals surface area contributed by atoms with Crippen LogP contribution in [0.4, 0.5) is 4.39 Å². The zero-order chi connectivity index (χ0) is 15.2. The Morgan fingerprint density at radius 2 is 2.05 bits per heavy atom. The Bertz CT molecular complexity index is 664. The molecule has 108 valence electrons. The van der Waals surface area contributed by atoms with Crippen LogP contribution in [0.1, 0.15) is 29.7 Å². The second kappa shape index (κ2) is 6.87. The minimum absolute atomic E-state index is 0.137. The van der Waals surface area contributed by atoms with Crippen LogP contribution in [0.3, 0.4) is 0 Å². The molecule has 0 bridgehead atoms. The third-order valence-electron chi connectivity index (χ3n) is 3.38. The molecular formula is C17H17FN2O. The first kappa shape index (κ1) is 15.0. The SMILES string of the molecule is COc1ccc(C#N)cc1CN[C@H](C)c1ccccc1F. The maximum absolute atomic E-state index is 13.7. The van der Waals surface area contributed by atoms with Crippen LogP contribution in [-0.4, -0.2) is 7.11 Å². The zero-order valence-corrected chi connectivity index (χ0v) is 12.1. The van der Waals surface area contributed by atoms with E-state index in [-0.39, 0.29) is 11.9 Å². The molecule has 0 aliphatic rings. The van der Waals surface area contributed by atoms with E-state index >= 15 is 0 Å². The molecule has 2 rings (SSSR count). The van der Waals surface area contributed by atoms with Crippen molar-refractivity contribution in [3.63, 3.8) is 0 Å². The largest absolute Gasteiger partial charge is 0.496 e. The van der Waals surface area contributed by atoms with Gasteiger partial charge in [-0.2, -0.15) is 5.26 Å². The first-order valence-electron chi connectivity index (χ1n) is 6.70. The molecule has 0 unspecified atom stereocenters. The molecule has 21 heavy (non-hydrogen) atoms. The predicted molar refractivity (Wildman–Crippen MR) is 79.4 cm³/mol. The van der Waals surface area contributed by atoms with Crippen LogP contribution in [0.5, 0.6) is 5.75 Å². The van der Waals surface area contributed by atoms with E-state index in [1.165, 1.54) is 6.07 Å². The Morgan fingerprint density at radius 1 is 1.29 bits per heavy atom. The van der Waals surface area contributed by atoms with Crippen LogP contribution in [-0.2, 0) is 6.54 Å². The molecule has 0 aromatic heterocycles. The van der Waals surface area contributed by atoms with Gasteiger partial charge >= 0.3 is 0 Å². The number of methoxy groups -OCH3 is 1. The number of ether oxygens (including phenoxy) is 1. The molecule has 0 saturated carbocycles. The lowest BCUT2D eigenvalue weighted by molar-refractivity contribution is 0.405. The van der Waals surface area contributed by atoms with Crippen molar-refractivity contribution in [2.75, 3.05) is 7.11 Å². The number of hydrogen-bond acceptors (Lipinski definition) is 3. The van der Waals surface area contributed by atoms with Gasteiger partial charge in [0.2, 0.25) is 0 Å². The van der Waals surface area contributed by atoms with Gasteiger partial charge in [0.15, 0.2) is 0 Å². The van der Waals surface area contributed by atoms with E-state index in [9.17, 15) is 4.39 Å². The van der Waals surface area contributed by atoms with E-state index in [4.69, 9.17) is 10.00 Å². The number of hydrogen-bond donors (Lipinski definition) is 1. The minimum atomic E-state index is -0.227. The van der Waals surface area contributed by atoms with Gasteiger partial charge in [-0.15, -0.1) is 0 Å². The highest BCUT2D eigenvalue weighted by Gasteiger charge is 2.11. The van der Waals surface area contributed by atoms with Gasteiger partial charge in [-0.1, -0.05) is 18.2 Å². The molecular weight excluding hydrogens is 267 g/mol. The van der Waals surface area contributed by atoms with E-state index in [0.717, 1.165) is 5.56 Å². The van der Waals surface area contributed by atoms with Gasteiger partial charge in [0, 0.05) is 23.7 Å². The van der Waals surface area contributed by atoms with Crippen molar-refractivity contribution >= 4 is 0 Å². The van der Waals surface area contributed by atoms with Gasteiger partial charge in [0.25, 0.3) is 0 Å². The van der Waals surface area contributed by atoms with Crippen LogP contribution in [0.15, 0.2) is 42.5 Å². The highest BCUT2D eigenvalue weighted by molar-refractivity contribution is 5.42. The maximum Gasteiger partial charge on any atom is 0.127 e. The standard InChI is InChI=1S/C17H17FN2O/c1-12(15-5-3-4-6-16(15)18)20-11-14-9-13(10-19)7-8-17(14)21-2/h3-9,12,20H,11H2,1-2H3/t12-/m1/s1. The fraction of sp³-hybridized carbons (Fsp3) is 0.235. The van der Waals surface area contributed by atoms with Crippen molar-refractivity contribution in [1.29, 1.82) is 5.26 Å². The molecule has 0 aliphatic heterocycles. The predicted octanol–water partition coefficient (Wildman–Crippen LogP) is 3.56. The smallest absolute Gasteiger partial charge is 0.127 e. The van der Waals surface area contributed by atoms with Gasteiger partial charge in [0.05, 0.1) is 18.7 Å². The molecule has 0 saturated heterocycles. The maximum atomic E-state index is 13.7. The summed E-state index contributed by atoms with van der Waals surface area (Å²) in [6.45, 7) is 2.40. The molecule has 4 heteroatoms. The molecule has 3 nitrogen and oxygen atoms in total. The number of halogens is 1. The van der Waals surface area contributed by atoms with E-state index in [1.54, 1.807) is 37.4 Å². The van der Waals surface area contributed by atoms with Gasteiger partial charge in [-0.05, 0) is 31.2 Å². The molecule has 0 fully saturated rings. The lowest BCUT2D eigenvalue weighted by Gasteiger charge is -2.16. The van der Waals surface area contributed by atoms with Crippen LogP contribution in [0, 0.1) is 17.1 Å². The highest BCUT2D eigenvalue weighted by Crippen LogP contribution is 2.22. The molecule has 1 atom stereocenters. The normalized spacial score (nSPS) is 11.7. The summed E-state index contributed by atoms with van der Waals surface area (Å²) in [6, 6.07) is 13.9. The Labute approximate surface area is 124 Å². The van der Waals surface area contributed by atoms with Crippen molar-refractivity contribution in [3.8, 4) is 11.8 Å². The summed E-state index contributed by atoms with van der Waals surface area (Å²) < 4.78 is 19.0. The topological polar surface area (TPSA) is 45.0 Å². The fourth-order valence-electron chi connectivity index (χ4n) is 2.19. The molecule has 0 heterocycles. The Morgan fingerprint density at radius 3 is 2.71 bits per heavy atom. The Hall–Kier alpha value is -2.38. The van der Waals surface area contributed by atoms with Crippen molar-refractivity contribution in [2.45, 2.75) is 19.5 Å². The average molecular weight is 284 g/mol. The summed E-state index contributed by atoms with van der Waals surface area (Å²) >= 11 is 0. The lowest BCUT2D eigenvalue weighted by Crippen LogP contribution is -2.19. The fourth-order valence-corrected chi connectivity index (χ4v) is 2.19. The van der Waals surface area contributed by atoms with Crippen molar-refractivity contribution < 1.29 is 9.13 Å². The zero-order valence-electron chi connectivity index (χ0n) is 12.1. The third-order valence-corrected chi connectivity index (χ3v) is 3.38. The Kier molecular flexibility index (Phi) is 4.91. The van der Waals surface area contributed by atoms with Gasteiger partial charge in [-0.3, -0.25) is 0 Å². The molecule has 0 spiro atoms. The van der Waals surface area contributed by atoms with Crippen molar-refractivity contribution in [2.24, 2.45) is 0 Å². The quantitative estimate of drug-likeness (QED) is 0.913. The third kappa shape index (κ3) is 3.59. The first-order chi connectivity index (χ1) is 10.2. The highest BCUT2D eigenvalue weighted by atomic mass is 19.1. The number of rotatable bonds is 5. The monoisotopic (exact) mass is 284 g/mol. The summed E-state index contributed by atoms with van der Waals surface area (Å²) in [5.74, 6) is 0.484. The summed E-state index contributed by atoms with van der Waals surface area (Å²) in [5, 5.41) is 12.2. The van der Waals surface area contributed by atoms with E-state index < -0.39 is 0 Å². The van der Waals surface area contributed by atoms with E-state index in [0.29, 0.717) is 23.4 Å². The summed E-state index contributed by atoms with van der Waals surface area (Å²) in [7, 11) is 1.59. The molecule has 0 amide bonds. The average Bonchev–Trinajstić information content (AvgIpc) is 2.52. The molecule has 2 aromatic rings. The van der Waals surface area contributed by atoms with Crippen LogP contribution in [0.2, 0.25) is 0 Å². The summed E-state index contributed by atoms with van der Waals surface area (Å²) in [5.41, 5.74) is 2.07. The molecule has 0 aliphatic carbocycles. The van der Waals surface area contributed by atoms with Crippen molar-refractivity contribution in [3.05, 3.63) is 65.0 Å². The summed E-state index contributed by atoms with van der Waals surface area (Å²) in [6.07, 6.45) is 0. The summed E-state index contributed by atoms with van der Waals surface area (Å²) in [4.78, 5) is 0. The van der Waals surface area contributed by atoms with Gasteiger partial charge in [0.1, 0.15) is 11.6 Å². The van der Waals surface area contributed by atoms with Crippen molar-refractivity contribution in [1.82, 2.24) is 5.32 Å². The van der Waals surface area contributed by atoms with Gasteiger partial charge in [-0.25, -0.2) is 4.39 Å². The van der Waals surface area contributed by atoms with E-state index in [1.807, 2.05) is 13.0 Å². The van der Waals surface area contributed by atoms with Gasteiger partial charge < -0.3 is 10.1 Å². The number of benzene rings is 2. The number of nitriles is 1. The lowest BCUT2D eigenvalue weighted by atomic mass is 10.1. The molecule has 0 radical (unpaired) electrons. The minimum Gasteiger partial charge on any atom is -0.496 e. The van der Waals surface area contributed by atoms with Crippen LogP contribution >= 0.6 is 0 Å². The Balaban J connectivity index is 2.13.